The van der Waals surface area contributed by atoms with Crippen LogP contribution in [0.5, 0.6) is 0 Å². The van der Waals surface area contributed by atoms with Crippen LogP contribution >= 0.6 is 23.1 Å². The van der Waals surface area contributed by atoms with Crippen molar-refractivity contribution in [3.05, 3.63) is 10.6 Å². The van der Waals surface area contributed by atoms with E-state index in [2.05, 4.69) is 20.9 Å². The van der Waals surface area contributed by atoms with Crippen LogP contribution in [0.15, 0.2) is 0 Å². The molecule has 3 amide bonds. The molecule has 0 radical (unpaired) electrons. The number of nitrogens with zero attached hydrogens (tertiary/aromatic N) is 1. The smallest absolute Gasteiger partial charge is 0.315 e. The van der Waals surface area contributed by atoms with E-state index in [1.165, 1.54) is 29.8 Å². The lowest BCUT2D eigenvalue weighted by Crippen LogP contribution is -2.36. The first-order valence-corrected chi connectivity index (χ1v) is 11.5. The Kier molecular flexibility index (Phi) is 5.69. The molecule has 142 valence electrons. The van der Waals surface area contributed by atoms with Gasteiger partial charge in [0, 0.05) is 22.3 Å². The lowest BCUT2D eigenvalue weighted by atomic mass is 10.0. The molecule has 3 aliphatic rings. The van der Waals surface area contributed by atoms with Gasteiger partial charge in [0.2, 0.25) is 5.91 Å². The highest BCUT2D eigenvalue weighted by Crippen LogP contribution is 2.33. The van der Waals surface area contributed by atoms with Crippen molar-refractivity contribution in [2.45, 2.75) is 75.1 Å². The number of hydrogen-bond acceptors (Lipinski definition) is 5. The number of nitrogens with one attached hydrogen (secondary N) is 3. The predicted octanol–water partition coefficient (Wildman–Crippen LogP) is 3.08. The van der Waals surface area contributed by atoms with Gasteiger partial charge in [-0.3, -0.25) is 4.79 Å². The minimum Gasteiger partial charge on any atom is -0.332 e. The summed E-state index contributed by atoms with van der Waals surface area (Å²) >= 11 is 3.58. The minimum atomic E-state index is -0.0356. The second kappa shape index (κ2) is 8.17. The molecule has 0 spiro atoms. The van der Waals surface area contributed by atoms with Crippen molar-refractivity contribution >= 4 is 40.2 Å². The molecular formula is C18H26N4O2S2. The van der Waals surface area contributed by atoms with Gasteiger partial charge in [-0.25, -0.2) is 9.78 Å². The van der Waals surface area contributed by atoms with E-state index in [9.17, 15) is 9.59 Å². The molecule has 2 aliphatic heterocycles. The summed E-state index contributed by atoms with van der Waals surface area (Å²) in [5, 5.41) is 10.2. The van der Waals surface area contributed by atoms with E-state index >= 15 is 0 Å². The summed E-state index contributed by atoms with van der Waals surface area (Å²) < 4.78 is 0. The number of rotatable bonds is 6. The molecule has 0 bridgehead atoms. The molecule has 3 N–H and O–H groups in total. The maximum Gasteiger partial charge on any atom is 0.315 e. The van der Waals surface area contributed by atoms with Gasteiger partial charge in [-0.15, -0.1) is 11.3 Å². The Morgan fingerprint density at radius 3 is 3.00 bits per heavy atom. The SMILES string of the molecule is O=C(CCCC[C@H]1SC[C@@H]2NC(=O)N[C@H]21)Nc1nc2c(s1)CCCCC2. The number of urea groups is 1. The molecule has 6 nitrogen and oxygen atoms in total. The summed E-state index contributed by atoms with van der Waals surface area (Å²) in [5.74, 6) is 1.06. The number of unbranched alkanes of at least 4 members (excludes halogenated alkanes) is 1. The second-order valence-electron chi connectivity index (χ2n) is 7.37. The first-order chi connectivity index (χ1) is 12.7. The molecule has 0 unspecified atom stereocenters. The Bertz CT molecular complexity index is 655. The number of anilines is 1. The number of hydrogen-bond donors (Lipinski definition) is 3. The van der Waals surface area contributed by atoms with Crippen LogP contribution in [-0.2, 0) is 17.6 Å². The van der Waals surface area contributed by atoms with E-state index in [1.807, 2.05) is 11.8 Å². The van der Waals surface area contributed by atoms with Gasteiger partial charge in [-0.05, 0) is 38.5 Å². The molecule has 3 atom stereocenters. The summed E-state index contributed by atoms with van der Waals surface area (Å²) in [6.07, 6.45) is 9.37. The summed E-state index contributed by atoms with van der Waals surface area (Å²) in [6, 6.07) is 0.500. The number of carbonyl (C=O) groups is 2. The van der Waals surface area contributed by atoms with Crippen LogP contribution in [0.2, 0.25) is 0 Å². The van der Waals surface area contributed by atoms with Gasteiger partial charge < -0.3 is 16.0 Å². The zero-order valence-corrected chi connectivity index (χ0v) is 16.5. The third-order valence-corrected chi connectivity index (χ3v) is 8.00. The van der Waals surface area contributed by atoms with Crippen molar-refractivity contribution in [1.82, 2.24) is 15.6 Å². The predicted molar refractivity (Wildman–Crippen MR) is 106 cm³/mol. The van der Waals surface area contributed by atoms with Crippen molar-refractivity contribution in [3.63, 3.8) is 0 Å². The molecule has 2 fully saturated rings. The minimum absolute atomic E-state index is 0.0356. The third kappa shape index (κ3) is 4.17. The van der Waals surface area contributed by atoms with Crippen molar-refractivity contribution < 1.29 is 9.59 Å². The van der Waals surface area contributed by atoms with Gasteiger partial charge in [0.15, 0.2) is 5.13 Å². The number of amides is 3. The lowest BCUT2D eigenvalue weighted by molar-refractivity contribution is -0.116. The molecule has 26 heavy (non-hydrogen) atoms. The number of thiazole rings is 1. The standard InChI is InChI=1S/C18H26N4O2S2/c23-15(21-18-20-11-6-2-1-3-7-13(11)26-18)9-5-4-8-14-16-12(10-25-14)19-17(24)22-16/h12,14,16H,1-10H2,(H2,19,22,24)(H,20,21,23)/t12-,14+,16+/m0/s1. The molecular weight excluding hydrogens is 368 g/mol. The molecule has 8 heteroatoms. The zero-order chi connectivity index (χ0) is 17.9. The van der Waals surface area contributed by atoms with E-state index < -0.39 is 0 Å². The Hall–Kier alpha value is -1.28. The normalized spacial score (nSPS) is 27.2. The molecule has 2 saturated heterocycles. The fourth-order valence-corrected chi connectivity index (χ4v) is 6.65. The van der Waals surface area contributed by atoms with Crippen molar-refractivity contribution in [3.8, 4) is 0 Å². The highest BCUT2D eigenvalue weighted by atomic mass is 32.2. The zero-order valence-electron chi connectivity index (χ0n) is 14.9. The van der Waals surface area contributed by atoms with Crippen molar-refractivity contribution in [2.24, 2.45) is 0 Å². The molecule has 1 aliphatic carbocycles. The Balaban J connectivity index is 1.17. The number of aryl methyl sites for hydroxylation is 2. The van der Waals surface area contributed by atoms with Crippen LogP contribution in [-0.4, -0.2) is 40.0 Å². The first-order valence-electron chi connectivity index (χ1n) is 9.66. The van der Waals surface area contributed by atoms with Crippen molar-refractivity contribution in [1.29, 1.82) is 0 Å². The van der Waals surface area contributed by atoms with E-state index in [4.69, 9.17) is 0 Å². The molecule has 1 aromatic rings. The molecule has 1 aromatic heterocycles. The average Bonchev–Trinajstić information content (AvgIpc) is 3.22. The van der Waals surface area contributed by atoms with E-state index in [1.54, 1.807) is 11.3 Å². The first kappa shape index (κ1) is 18.1. The van der Waals surface area contributed by atoms with Crippen LogP contribution in [0.25, 0.3) is 0 Å². The highest BCUT2D eigenvalue weighted by molar-refractivity contribution is 8.00. The van der Waals surface area contributed by atoms with Crippen LogP contribution in [0.1, 0.15) is 55.5 Å². The van der Waals surface area contributed by atoms with Gasteiger partial charge >= 0.3 is 6.03 Å². The average molecular weight is 395 g/mol. The van der Waals surface area contributed by atoms with Gasteiger partial charge in [-0.1, -0.05) is 12.8 Å². The summed E-state index contributed by atoms with van der Waals surface area (Å²) in [7, 11) is 0. The molecule has 0 aromatic carbocycles. The van der Waals surface area contributed by atoms with Crippen molar-refractivity contribution in [2.75, 3.05) is 11.1 Å². The van der Waals surface area contributed by atoms with Crippen LogP contribution in [0.3, 0.4) is 0 Å². The topological polar surface area (TPSA) is 83.1 Å². The fourth-order valence-electron chi connectivity index (χ4n) is 4.04. The maximum atomic E-state index is 12.2. The van der Waals surface area contributed by atoms with E-state index in [-0.39, 0.29) is 24.0 Å². The van der Waals surface area contributed by atoms with Crippen LogP contribution in [0.4, 0.5) is 9.93 Å². The monoisotopic (exact) mass is 394 g/mol. The number of fused-ring (bicyclic) bond motifs is 2. The second-order valence-corrected chi connectivity index (χ2v) is 9.72. The number of thioether (sulfide) groups is 1. The maximum absolute atomic E-state index is 12.2. The number of carbonyl (C=O) groups excluding carboxylic acids is 2. The molecule has 4 rings (SSSR count). The van der Waals surface area contributed by atoms with Gasteiger partial charge in [0.05, 0.1) is 17.8 Å². The third-order valence-electron chi connectivity index (χ3n) is 5.42. The summed E-state index contributed by atoms with van der Waals surface area (Å²) in [4.78, 5) is 29.6. The molecule has 0 saturated carbocycles. The van der Waals surface area contributed by atoms with Crippen LogP contribution < -0.4 is 16.0 Å². The Morgan fingerprint density at radius 1 is 1.19 bits per heavy atom. The largest absolute Gasteiger partial charge is 0.332 e. The van der Waals surface area contributed by atoms with E-state index in [0.29, 0.717) is 11.7 Å². The van der Waals surface area contributed by atoms with Gasteiger partial charge in [-0.2, -0.15) is 11.8 Å². The molecule has 3 heterocycles. The summed E-state index contributed by atoms with van der Waals surface area (Å²) in [5.41, 5.74) is 1.20. The summed E-state index contributed by atoms with van der Waals surface area (Å²) in [6.45, 7) is 0. The lowest BCUT2D eigenvalue weighted by Gasteiger charge is -2.16. The highest BCUT2D eigenvalue weighted by Gasteiger charge is 2.42. The van der Waals surface area contributed by atoms with E-state index in [0.717, 1.165) is 43.0 Å². The van der Waals surface area contributed by atoms with Gasteiger partial charge in [0.1, 0.15) is 0 Å². The quantitative estimate of drug-likeness (QED) is 0.393. The Labute approximate surface area is 162 Å². The van der Waals surface area contributed by atoms with Crippen LogP contribution in [0, 0.1) is 0 Å². The van der Waals surface area contributed by atoms with Gasteiger partial charge in [0.25, 0.3) is 0 Å². The Morgan fingerprint density at radius 2 is 2.08 bits per heavy atom. The fraction of sp³-hybridized carbons (Fsp3) is 0.722. The number of aromatic nitrogens is 1.